The summed E-state index contributed by atoms with van der Waals surface area (Å²) in [5, 5.41) is 2.77. The van der Waals surface area contributed by atoms with E-state index in [4.69, 9.17) is 4.74 Å². The first-order chi connectivity index (χ1) is 6.06. The van der Waals surface area contributed by atoms with Crippen molar-refractivity contribution in [1.82, 2.24) is 5.32 Å². The van der Waals surface area contributed by atoms with Gasteiger partial charge in [-0.3, -0.25) is 4.79 Å². The van der Waals surface area contributed by atoms with Crippen LogP contribution in [0.1, 0.15) is 20.3 Å². The maximum atomic E-state index is 11.1. The molecule has 0 saturated carbocycles. The van der Waals surface area contributed by atoms with E-state index in [1.807, 2.05) is 13.8 Å². The van der Waals surface area contributed by atoms with E-state index in [9.17, 15) is 4.79 Å². The van der Waals surface area contributed by atoms with Gasteiger partial charge in [0.15, 0.2) is 6.61 Å². The summed E-state index contributed by atoms with van der Waals surface area (Å²) in [5.41, 5.74) is 1.05. The number of ether oxygens (including phenoxy) is 1. The van der Waals surface area contributed by atoms with Gasteiger partial charge in [-0.2, -0.15) is 0 Å². The second-order valence-electron chi connectivity index (χ2n) is 3.11. The Morgan fingerprint density at radius 3 is 2.77 bits per heavy atom. The van der Waals surface area contributed by atoms with Crippen molar-refractivity contribution in [3.8, 4) is 0 Å². The zero-order chi connectivity index (χ0) is 10.3. The second-order valence-corrected chi connectivity index (χ2v) is 3.11. The summed E-state index contributed by atoms with van der Waals surface area (Å²) in [6.45, 7) is 11.0. The zero-order valence-electron chi connectivity index (χ0n) is 8.30. The summed E-state index contributed by atoms with van der Waals surface area (Å²) >= 11 is 0. The fourth-order valence-electron chi connectivity index (χ4n) is 1.02. The fraction of sp³-hybridized carbons (Fsp3) is 0.500. The van der Waals surface area contributed by atoms with Gasteiger partial charge in [-0.05, 0) is 20.3 Å². The molecule has 0 heterocycles. The third-order valence-electron chi connectivity index (χ3n) is 1.39. The third kappa shape index (κ3) is 7.12. The Morgan fingerprint density at radius 2 is 2.31 bits per heavy atom. The molecule has 0 aliphatic heterocycles. The first-order valence-electron chi connectivity index (χ1n) is 4.22. The summed E-state index contributed by atoms with van der Waals surface area (Å²) in [6.07, 6.45) is 2.04. The lowest BCUT2D eigenvalue weighted by Gasteiger charge is -2.13. The van der Waals surface area contributed by atoms with Gasteiger partial charge in [0.05, 0.1) is 6.26 Å². The molecule has 74 valence electrons. The number of hydrogen-bond acceptors (Lipinski definition) is 2. The molecule has 3 nitrogen and oxygen atoms in total. The standard InChI is InChI=1S/C10H17NO2/c1-5-13-7-10(12)11-9(4)6-8(2)3/h5,9H,1-2,6-7H2,3-4H3,(H,11,12). The summed E-state index contributed by atoms with van der Waals surface area (Å²) in [5.74, 6) is -0.131. The Hall–Kier alpha value is -1.25. The average molecular weight is 183 g/mol. The predicted molar refractivity (Wildman–Crippen MR) is 53.2 cm³/mol. The third-order valence-corrected chi connectivity index (χ3v) is 1.39. The number of nitrogens with one attached hydrogen (secondary N) is 1. The summed E-state index contributed by atoms with van der Waals surface area (Å²) < 4.78 is 4.73. The van der Waals surface area contributed by atoms with Crippen LogP contribution in [0.15, 0.2) is 25.0 Å². The van der Waals surface area contributed by atoms with Gasteiger partial charge in [0.1, 0.15) is 0 Å². The van der Waals surface area contributed by atoms with Crippen LogP contribution in [0.4, 0.5) is 0 Å². The topological polar surface area (TPSA) is 38.3 Å². The molecule has 13 heavy (non-hydrogen) atoms. The van der Waals surface area contributed by atoms with Crippen molar-refractivity contribution in [1.29, 1.82) is 0 Å². The van der Waals surface area contributed by atoms with E-state index in [1.54, 1.807) is 0 Å². The SMILES string of the molecule is C=COCC(=O)NC(C)CC(=C)C. The molecule has 3 heteroatoms. The van der Waals surface area contributed by atoms with Gasteiger partial charge in [0.2, 0.25) is 0 Å². The number of amides is 1. The highest BCUT2D eigenvalue weighted by Crippen LogP contribution is 2.00. The first-order valence-corrected chi connectivity index (χ1v) is 4.22. The smallest absolute Gasteiger partial charge is 0.258 e. The predicted octanol–water partition coefficient (Wildman–Crippen LogP) is 1.62. The number of carbonyl (C=O) groups is 1. The van der Waals surface area contributed by atoms with Gasteiger partial charge in [0.25, 0.3) is 5.91 Å². The average Bonchev–Trinajstić information content (AvgIpc) is 1.98. The summed E-state index contributed by atoms with van der Waals surface area (Å²) in [4.78, 5) is 11.1. The minimum Gasteiger partial charge on any atom is -0.492 e. The Labute approximate surface area is 79.5 Å². The van der Waals surface area contributed by atoms with Crippen molar-refractivity contribution in [2.45, 2.75) is 26.3 Å². The molecule has 1 amide bonds. The van der Waals surface area contributed by atoms with Crippen LogP contribution in [-0.4, -0.2) is 18.6 Å². The molecule has 0 saturated heterocycles. The van der Waals surface area contributed by atoms with Crippen LogP contribution >= 0.6 is 0 Å². The van der Waals surface area contributed by atoms with Crippen LogP contribution < -0.4 is 5.32 Å². The van der Waals surface area contributed by atoms with E-state index in [-0.39, 0.29) is 18.6 Å². The molecule has 0 aromatic rings. The largest absolute Gasteiger partial charge is 0.492 e. The monoisotopic (exact) mass is 183 g/mol. The lowest BCUT2D eigenvalue weighted by molar-refractivity contribution is -0.124. The molecular formula is C10H17NO2. The molecule has 0 fully saturated rings. The van der Waals surface area contributed by atoms with E-state index < -0.39 is 0 Å². The minimum absolute atomic E-state index is 0.0318. The van der Waals surface area contributed by atoms with Crippen molar-refractivity contribution in [2.75, 3.05) is 6.61 Å². The van der Waals surface area contributed by atoms with Crippen molar-refractivity contribution >= 4 is 5.91 Å². The highest BCUT2D eigenvalue weighted by molar-refractivity contribution is 5.77. The van der Waals surface area contributed by atoms with Gasteiger partial charge in [-0.15, -0.1) is 6.58 Å². The molecule has 0 aromatic heterocycles. The quantitative estimate of drug-likeness (QED) is 0.502. The van der Waals surface area contributed by atoms with Crippen LogP contribution in [0.3, 0.4) is 0 Å². The highest BCUT2D eigenvalue weighted by atomic mass is 16.5. The van der Waals surface area contributed by atoms with Gasteiger partial charge in [-0.25, -0.2) is 0 Å². The Bertz CT molecular complexity index is 199. The van der Waals surface area contributed by atoms with Crippen molar-refractivity contribution in [2.24, 2.45) is 0 Å². The molecule has 1 atom stereocenters. The van der Waals surface area contributed by atoms with Crippen LogP contribution in [0.5, 0.6) is 0 Å². The van der Waals surface area contributed by atoms with E-state index in [1.165, 1.54) is 6.26 Å². The van der Waals surface area contributed by atoms with Gasteiger partial charge < -0.3 is 10.1 Å². The van der Waals surface area contributed by atoms with E-state index in [0.717, 1.165) is 12.0 Å². The second kappa shape index (κ2) is 6.29. The van der Waals surface area contributed by atoms with Gasteiger partial charge in [-0.1, -0.05) is 12.2 Å². The lowest BCUT2D eigenvalue weighted by Crippen LogP contribution is -2.34. The molecule has 0 aliphatic rings. The van der Waals surface area contributed by atoms with Crippen LogP contribution in [0.25, 0.3) is 0 Å². The van der Waals surface area contributed by atoms with Crippen molar-refractivity contribution < 1.29 is 9.53 Å². The highest BCUT2D eigenvalue weighted by Gasteiger charge is 2.06. The number of hydrogen-bond donors (Lipinski definition) is 1. The lowest BCUT2D eigenvalue weighted by atomic mass is 10.1. The maximum Gasteiger partial charge on any atom is 0.258 e. The number of carbonyl (C=O) groups excluding carboxylic acids is 1. The van der Waals surface area contributed by atoms with E-state index in [2.05, 4.69) is 18.5 Å². The Morgan fingerprint density at radius 1 is 1.69 bits per heavy atom. The van der Waals surface area contributed by atoms with E-state index in [0.29, 0.717) is 0 Å². The normalized spacial score (nSPS) is 11.5. The molecule has 1 N–H and O–H groups in total. The van der Waals surface area contributed by atoms with Gasteiger partial charge in [0, 0.05) is 6.04 Å². The first kappa shape index (κ1) is 11.8. The van der Waals surface area contributed by atoms with Crippen LogP contribution in [0.2, 0.25) is 0 Å². The van der Waals surface area contributed by atoms with Gasteiger partial charge >= 0.3 is 0 Å². The molecule has 0 rings (SSSR count). The Kier molecular flexibility index (Phi) is 5.68. The van der Waals surface area contributed by atoms with Crippen molar-refractivity contribution in [3.05, 3.63) is 25.0 Å². The Balaban J connectivity index is 3.64. The van der Waals surface area contributed by atoms with Crippen LogP contribution in [0, 0.1) is 0 Å². The zero-order valence-corrected chi connectivity index (χ0v) is 8.30. The molecule has 0 radical (unpaired) electrons. The molecule has 1 unspecified atom stereocenters. The molecule has 0 aromatic carbocycles. The van der Waals surface area contributed by atoms with Crippen molar-refractivity contribution in [3.63, 3.8) is 0 Å². The van der Waals surface area contributed by atoms with Crippen LogP contribution in [-0.2, 0) is 9.53 Å². The minimum atomic E-state index is -0.131. The summed E-state index contributed by atoms with van der Waals surface area (Å²) in [6, 6.07) is 0.110. The molecule has 0 aliphatic carbocycles. The molecule has 0 bridgehead atoms. The fourth-order valence-corrected chi connectivity index (χ4v) is 1.02. The molecular weight excluding hydrogens is 166 g/mol. The number of rotatable bonds is 6. The molecule has 0 spiro atoms. The summed E-state index contributed by atoms with van der Waals surface area (Å²) in [7, 11) is 0. The van der Waals surface area contributed by atoms with E-state index >= 15 is 0 Å². The maximum absolute atomic E-state index is 11.1.